The van der Waals surface area contributed by atoms with Crippen LogP contribution >= 0.6 is 0 Å². The fourth-order valence-corrected chi connectivity index (χ4v) is 2.23. The maximum absolute atomic E-state index is 8.16. The molecule has 1 aromatic carbocycles. The molecule has 0 saturated carbocycles. The van der Waals surface area contributed by atoms with Crippen LogP contribution in [-0.4, -0.2) is 20.5 Å². The molecule has 0 amide bonds. The van der Waals surface area contributed by atoms with Gasteiger partial charge in [0.1, 0.15) is 5.84 Å². The largest absolute Gasteiger partial charge is 0.346 e. The third-order valence-corrected chi connectivity index (χ3v) is 3.23. The topological polar surface area (TPSA) is 44.9 Å². The summed E-state index contributed by atoms with van der Waals surface area (Å²) in [6.07, 6.45) is 1.79. The number of nitrogens with zero attached hydrogens (tertiary/aromatic N) is 3. The number of nitrogens with one attached hydrogen (secondary N) is 1. The molecule has 0 unspecified atom stereocenters. The van der Waals surface area contributed by atoms with Crippen LogP contribution < -0.4 is 0 Å². The van der Waals surface area contributed by atoms with Gasteiger partial charge in [0.05, 0.1) is 12.2 Å². The highest BCUT2D eigenvalue weighted by Gasteiger charge is 2.23. The normalized spacial score (nSPS) is 14.2. The third kappa shape index (κ3) is 1.62. The Morgan fingerprint density at radius 3 is 2.82 bits per heavy atom. The van der Waals surface area contributed by atoms with Gasteiger partial charge in [-0.05, 0) is 11.6 Å². The van der Waals surface area contributed by atoms with Crippen LogP contribution in [0.4, 0.5) is 0 Å². The lowest BCUT2D eigenvalue weighted by Crippen LogP contribution is -2.24. The fraction of sp³-hybridized carbons (Fsp3) is 0.231. The number of fused-ring (bicyclic) bond motifs is 1. The number of amidine groups is 1. The Bertz CT molecular complexity index is 570. The van der Waals surface area contributed by atoms with E-state index in [2.05, 4.69) is 16.1 Å². The minimum atomic E-state index is 0.613. The maximum Gasteiger partial charge on any atom is 0.129 e. The van der Waals surface area contributed by atoms with Crippen LogP contribution in [0, 0.1) is 5.41 Å². The van der Waals surface area contributed by atoms with E-state index in [0.717, 1.165) is 24.3 Å². The van der Waals surface area contributed by atoms with Crippen molar-refractivity contribution < 1.29 is 0 Å². The predicted octanol–water partition coefficient (Wildman–Crippen LogP) is 1.76. The molecule has 17 heavy (non-hydrogen) atoms. The molecule has 0 saturated heterocycles. The maximum atomic E-state index is 8.16. The minimum absolute atomic E-state index is 0.613. The van der Waals surface area contributed by atoms with Crippen LogP contribution in [0.25, 0.3) is 0 Å². The van der Waals surface area contributed by atoms with Crippen molar-refractivity contribution >= 4 is 5.84 Å². The molecule has 1 N–H and O–H groups in total. The zero-order valence-corrected chi connectivity index (χ0v) is 9.72. The molecule has 4 heteroatoms. The molecule has 2 aromatic rings. The minimum Gasteiger partial charge on any atom is -0.346 e. The number of aromatic nitrogens is 2. The molecule has 86 valence electrons. The summed E-state index contributed by atoms with van der Waals surface area (Å²) in [6, 6.07) is 10.1. The smallest absolute Gasteiger partial charge is 0.129 e. The van der Waals surface area contributed by atoms with E-state index in [9.17, 15) is 0 Å². The van der Waals surface area contributed by atoms with Crippen molar-refractivity contribution in [3.8, 4) is 0 Å². The summed E-state index contributed by atoms with van der Waals surface area (Å²) in [6.45, 7) is 1.56. The summed E-state index contributed by atoms with van der Waals surface area (Å²) < 4.78 is 1.86. The van der Waals surface area contributed by atoms with E-state index >= 15 is 0 Å². The Hall–Kier alpha value is -2.10. The Morgan fingerprint density at radius 1 is 1.29 bits per heavy atom. The van der Waals surface area contributed by atoms with Gasteiger partial charge in [-0.2, -0.15) is 5.10 Å². The second kappa shape index (κ2) is 3.73. The lowest BCUT2D eigenvalue weighted by Gasteiger charge is -2.17. The van der Waals surface area contributed by atoms with Crippen LogP contribution in [0.1, 0.15) is 16.8 Å². The van der Waals surface area contributed by atoms with Gasteiger partial charge in [-0.15, -0.1) is 0 Å². The van der Waals surface area contributed by atoms with E-state index in [4.69, 9.17) is 5.41 Å². The zero-order valence-electron chi connectivity index (χ0n) is 9.72. The number of benzene rings is 1. The van der Waals surface area contributed by atoms with E-state index in [1.165, 1.54) is 5.56 Å². The number of hydrogen-bond donors (Lipinski definition) is 1. The summed E-state index contributed by atoms with van der Waals surface area (Å²) in [5.74, 6) is 0.613. The van der Waals surface area contributed by atoms with Crippen molar-refractivity contribution in [1.82, 2.24) is 14.7 Å². The van der Waals surface area contributed by atoms with E-state index in [1.807, 2.05) is 36.0 Å². The van der Waals surface area contributed by atoms with Gasteiger partial charge >= 0.3 is 0 Å². The number of hydrogen-bond acceptors (Lipinski definition) is 2. The van der Waals surface area contributed by atoms with E-state index < -0.39 is 0 Å². The average Bonchev–Trinajstić information content (AvgIpc) is 2.87. The first-order chi connectivity index (χ1) is 8.25. The first-order valence-electron chi connectivity index (χ1n) is 5.64. The van der Waals surface area contributed by atoms with Crippen molar-refractivity contribution in [2.24, 2.45) is 7.05 Å². The molecule has 1 aliphatic heterocycles. The Kier molecular flexibility index (Phi) is 2.21. The molecule has 1 aliphatic rings. The summed E-state index contributed by atoms with van der Waals surface area (Å²) >= 11 is 0. The van der Waals surface area contributed by atoms with Gasteiger partial charge in [-0.1, -0.05) is 24.3 Å². The number of aryl methyl sites for hydroxylation is 1. The highest BCUT2D eigenvalue weighted by Crippen LogP contribution is 2.23. The van der Waals surface area contributed by atoms with Crippen molar-refractivity contribution in [2.45, 2.75) is 13.1 Å². The second-order valence-electron chi connectivity index (χ2n) is 4.31. The first-order valence-corrected chi connectivity index (χ1v) is 5.64. The van der Waals surface area contributed by atoms with Gasteiger partial charge in [0.15, 0.2) is 0 Å². The SMILES string of the molecule is Cn1nccc1CN1Cc2ccccc2C1=N. The molecular weight excluding hydrogens is 212 g/mol. The van der Waals surface area contributed by atoms with Crippen LogP contribution in [-0.2, 0) is 20.1 Å². The van der Waals surface area contributed by atoms with E-state index in [1.54, 1.807) is 6.20 Å². The molecular formula is C13H14N4. The fourth-order valence-electron chi connectivity index (χ4n) is 2.23. The van der Waals surface area contributed by atoms with Crippen molar-refractivity contribution in [2.75, 3.05) is 0 Å². The quantitative estimate of drug-likeness (QED) is 0.848. The second-order valence-corrected chi connectivity index (χ2v) is 4.31. The monoisotopic (exact) mass is 226 g/mol. The summed E-state index contributed by atoms with van der Waals surface area (Å²) in [4.78, 5) is 2.07. The van der Waals surface area contributed by atoms with E-state index in [-0.39, 0.29) is 0 Å². The third-order valence-electron chi connectivity index (χ3n) is 3.23. The summed E-state index contributed by atoms with van der Waals surface area (Å²) in [5, 5.41) is 12.3. The van der Waals surface area contributed by atoms with E-state index in [0.29, 0.717) is 5.84 Å². The molecule has 0 aliphatic carbocycles. The molecule has 2 heterocycles. The Labute approximate surface area is 100.0 Å². The van der Waals surface area contributed by atoms with Crippen molar-refractivity contribution in [3.63, 3.8) is 0 Å². The van der Waals surface area contributed by atoms with Gasteiger partial charge in [0.2, 0.25) is 0 Å². The molecule has 4 nitrogen and oxygen atoms in total. The van der Waals surface area contributed by atoms with Gasteiger partial charge in [-0.25, -0.2) is 0 Å². The van der Waals surface area contributed by atoms with Gasteiger partial charge < -0.3 is 4.90 Å². The standard InChI is InChI=1S/C13H14N4/c1-16-11(6-7-15-16)9-17-8-10-4-2-3-5-12(10)13(17)14/h2-7,14H,8-9H2,1H3. The summed E-state index contributed by atoms with van der Waals surface area (Å²) in [5.41, 5.74) is 3.41. The van der Waals surface area contributed by atoms with Gasteiger partial charge in [-0.3, -0.25) is 10.1 Å². The molecule has 0 fully saturated rings. The van der Waals surface area contributed by atoms with Crippen molar-refractivity contribution in [3.05, 3.63) is 53.3 Å². The molecule has 0 bridgehead atoms. The predicted molar refractivity (Wildman–Crippen MR) is 65.7 cm³/mol. The molecule has 0 radical (unpaired) electrons. The van der Waals surface area contributed by atoms with Crippen molar-refractivity contribution in [1.29, 1.82) is 5.41 Å². The highest BCUT2D eigenvalue weighted by molar-refractivity contribution is 6.00. The zero-order chi connectivity index (χ0) is 11.8. The van der Waals surface area contributed by atoms with Crippen LogP contribution in [0.3, 0.4) is 0 Å². The lowest BCUT2D eigenvalue weighted by atomic mass is 10.1. The number of rotatable bonds is 2. The molecule has 0 spiro atoms. The van der Waals surface area contributed by atoms with Crippen LogP contribution in [0.2, 0.25) is 0 Å². The Morgan fingerprint density at radius 2 is 2.12 bits per heavy atom. The first kappa shape index (κ1) is 10.1. The highest BCUT2D eigenvalue weighted by atomic mass is 15.3. The lowest BCUT2D eigenvalue weighted by molar-refractivity contribution is 0.406. The van der Waals surface area contributed by atoms with Gasteiger partial charge in [0.25, 0.3) is 0 Å². The molecule has 3 rings (SSSR count). The molecule has 0 atom stereocenters. The van der Waals surface area contributed by atoms with Gasteiger partial charge in [0, 0.05) is 25.4 Å². The Balaban J connectivity index is 1.85. The molecule has 1 aromatic heterocycles. The van der Waals surface area contributed by atoms with Crippen LogP contribution in [0.15, 0.2) is 36.5 Å². The average molecular weight is 226 g/mol. The van der Waals surface area contributed by atoms with Crippen LogP contribution in [0.5, 0.6) is 0 Å². The summed E-state index contributed by atoms with van der Waals surface area (Å²) in [7, 11) is 1.93.